The first-order valence-electron chi connectivity index (χ1n) is 5.90. The number of aliphatic hydroxyl groups excluding tert-OH is 1. The Kier molecular flexibility index (Phi) is 3.17. The number of hydrogen-bond acceptors (Lipinski definition) is 3. The summed E-state index contributed by atoms with van der Waals surface area (Å²) >= 11 is 0. The summed E-state index contributed by atoms with van der Waals surface area (Å²) in [5, 5.41) is 12.5. The highest BCUT2D eigenvalue weighted by atomic mass is 16.3. The highest BCUT2D eigenvalue weighted by molar-refractivity contribution is 5.96. The lowest BCUT2D eigenvalue weighted by molar-refractivity contribution is 0.0585. The number of carbonyl (C=O) groups is 1. The van der Waals surface area contributed by atoms with Crippen LogP contribution in [0, 0.1) is 5.41 Å². The molecule has 0 radical (unpaired) electrons. The molecule has 3 N–H and O–H groups in total. The van der Waals surface area contributed by atoms with Crippen LogP contribution in [0.2, 0.25) is 0 Å². The third-order valence-corrected chi connectivity index (χ3v) is 2.94. The molecular weight excluding hydrogens is 232 g/mol. The Morgan fingerprint density at radius 1 is 1.56 bits per heavy atom. The number of aliphatic hydroxyl groups is 1. The van der Waals surface area contributed by atoms with E-state index >= 15 is 0 Å². The van der Waals surface area contributed by atoms with Crippen molar-refractivity contribution in [3.8, 4) is 0 Å². The lowest BCUT2D eigenvalue weighted by Gasteiger charge is -2.25. The molecule has 18 heavy (non-hydrogen) atoms. The molecule has 0 saturated carbocycles. The predicted octanol–water partition coefficient (Wildman–Crippen LogP) is 1.90. The SMILES string of the molecule is CC(C)(C)C(O)CNC(=O)c1cc2occc2[nH]1. The van der Waals surface area contributed by atoms with Gasteiger partial charge in [-0.15, -0.1) is 0 Å². The second-order valence-electron chi connectivity index (χ2n) is 5.47. The van der Waals surface area contributed by atoms with Crippen molar-refractivity contribution in [2.45, 2.75) is 26.9 Å². The average Bonchev–Trinajstić information content (AvgIpc) is 2.83. The van der Waals surface area contributed by atoms with E-state index in [4.69, 9.17) is 4.42 Å². The normalized spacial score (nSPS) is 13.8. The Bertz CT molecular complexity index is 519. The molecule has 2 heterocycles. The molecule has 0 aliphatic rings. The van der Waals surface area contributed by atoms with E-state index in [1.54, 1.807) is 18.4 Å². The molecule has 0 saturated heterocycles. The third kappa shape index (κ3) is 2.56. The van der Waals surface area contributed by atoms with E-state index in [0.29, 0.717) is 11.3 Å². The van der Waals surface area contributed by atoms with Crippen LogP contribution in [0.15, 0.2) is 22.8 Å². The summed E-state index contributed by atoms with van der Waals surface area (Å²) in [5.41, 5.74) is 1.62. The number of amides is 1. The predicted molar refractivity (Wildman–Crippen MR) is 68.4 cm³/mol. The summed E-state index contributed by atoms with van der Waals surface area (Å²) in [6.07, 6.45) is 0.978. The van der Waals surface area contributed by atoms with Gasteiger partial charge in [-0.1, -0.05) is 20.8 Å². The molecule has 0 aliphatic heterocycles. The van der Waals surface area contributed by atoms with E-state index in [2.05, 4.69) is 10.3 Å². The summed E-state index contributed by atoms with van der Waals surface area (Å²) in [5.74, 6) is -0.246. The molecule has 0 fully saturated rings. The van der Waals surface area contributed by atoms with Gasteiger partial charge in [-0.25, -0.2) is 0 Å². The van der Waals surface area contributed by atoms with Crippen LogP contribution in [0.4, 0.5) is 0 Å². The zero-order chi connectivity index (χ0) is 13.3. The Morgan fingerprint density at radius 2 is 2.28 bits per heavy atom. The molecule has 0 bridgehead atoms. The van der Waals surface area contributed by atoms with Crippen molar-refractivity contribution < 1.29 is 14.3 Å². The first-order chi connectivity index (χ1) is 8.38. The number of aromatic amines is 1. The van der Waals surface area contributed by atoms with Gasteiger partial charge in [0.2, 0.25) is 0 Å². The number of aromatic nitrogens is 1. The van der Waals surface area contributed by atoms with Gasteiger partial charge in [0.1, 0.15) is 5.69 Å². The largest absolute Gasteiger partial charge is 0.463 e. The van der Waals surface area contributed by atoms with Crippen LogP contribution < -0.4 is 5.32 Å². The number of nitrogens with one attached hydrogen (secondary N) is 2. The zero-order valence-corrected chi connectivity index (χ0v) is 10.8. The second-order valence-corrected chi connectivity index (χ2v) is 5.47. The highest BCUT2D eigenvalue weighted by Crippen LogP contribution is 2.19. The quantitative estimate of drug-likeness (QED) is 0.778. The molecule has 1 amide bonds. The second kappa shape index (κ2) is 4.49. The fourth-order valence-electron chi connectivity index (χ4n) is 1.56. The van der Waals surface area contributed by atoms with Crippen LogP contribution in [0.3, 0.4) is 0 Å². The number of H-pyrrole nitrogens is 1. The summed E-state index contributed by atoms with van der Waals surface area (Å²) < 4.78 is 5.17. The number of fused-ring (bicyclic) bond motifs is 1. The van der Waals surface area contributed by atoms with Crippen molar-refractivity contribution in [1.29, 1.82) is 0 Å². The van der Waals surface area contributed by atoms with Crippen LogP contribution in [0.5, 0.6) is 0 Å². The van der Waals surface area contributed by atoms with Gasteiger partial charge in [-0.3, -0.25) is 4.79 Å². The average molecular weight is 250 g/mol. The minimum absolute atomic E-state index is 0.225. The highest BCUT2D eigenvalue weighted by Gasteiger charge is 2.23. The van der Waals surface area contributed by atoms with Crippen molar-refractivity contribution >= 4 is 17.0 Å². The van der Waals surface area contributed by atoms with Gasteiger partial charge < -0.3 is 19.8 Å². The van der Waals surface area contributed by atoms with Crippen LogP contribution >= 0.6 is 0 Å². The van der Waals surface area contributed by atoms with E-state index in [-0.39, 0.29) is 17.9 Å². The van der Waals surface area contributed by atoms with Crippen LogP contribution in [0.1, 0.15) is 31.3 Å². The number of rotatable bonds is 3. The standard InChI is InChI=1S/C13H18N2O3/c1-13(2,3)11(16)7-14-12(17)9-6-10-8(15-9)4-5-18-10/h4-6,11,15-16H,7H2,1-3H3,(H,14,17). The van der Waals surface area contributed by atoms with Gasteiger partial charge in [-0.2, -0.15) is 0 Å². The van der Waals surface area contributed by atoms with Crippen LogP contribution in [0.25, 0.3) is 11.1 Å². The van der Waals surface area contributed by atoms with Gasteiger partial charge in [0.05, 0.1) is 17.9 Å². The third-order valence-electron chi connectivity index (χ3n) is 2.94. The first kappa shape index (κ1) is 12.7. The van der Waals surface area contributed by atoms with Gasteiger partial charge >= 0.3 is 0 Å². The van der Waals surface area contributed by atoms with E-state index in [9.17, 15) is 9.90 Å². The topological polar surface area (TPSA) is 78.3 Å². The van der Waals surface area contributed by atoms with Gasteiger partial charge in [-0.05, 0) is 5.41 Å². The summed E-state index contributed by atoms with van der Waals surface area (Å²) in [6, 6.07) is 3.41. The number of carbonyl (C=O) groups excluding carboxylic acids is 1. The molecule has 2 aromatic rings. The zero-order valence-electron chi connectivity index (χ0n) is 10.8. The van der Waals surface area contributed by atoms with Gasteiger partial charge in [0.15, 0.2) is 5.58 Å². The first-order valence-corrected chi connectivity index (χ1v) is 5.90. The fourth-order valence-corrected chi connectivity index (χ4v) is 1.56. The summed E-state index contributed by atoms with van der Waals surface area (Å²) in [7, 11) is 0. The van der Waals surface area contributed by atoms with E-state index in [1.807, 2.05) is 20.8 Å². The van der Waals surface area contributed by atoms with Crippen LogP contribution in [-0.4, -0.2) is 28.6 Å². The van der Waals surface area contributed by atoms with Crippen molar-refractivity contribution in [1.82, 2.24) is 10.3 Å². The van der Waals surface area contributed by atoms with Crippen molar-refractivity contribution in [2.75, 3.05) is 6.54 Å². The Morgan fingerprint density at radius 3 is 2.89 bits per heavy atom. The molecule has 98 valence electrons. The monoisotopic (exact) mass is 250 g/mol. The Hall–Kier alpha value is -1.75. The van der Waals surface area contributed by atoms with E-state index in [1.165, 1.54) is 0 Å². The van der Waals surface area contributed by atoms with Gasteiger partial charge in [0.25, 0.3) is 5.91 Å². The molecule has 0 aromatic carbocycles. The Labute approximate surface area is 105 Å². The maximum absolute atomic E-state index is 11.8. The van der Waals surface area contributed by atoms with Crippen LogP contribution in [-0.2, 0) is 0 Å². The van der Waals surface area contributed by atoms with Crippen molar-refractivity contribution in [2.24, 2.45) is 5.41 Å². The van der Waals surface area contributed by atoms with Gasteiger partial charge in [0, 0.05) is 18.7 Å². The van der Waals surface area contributed by atoms with Crippen molar-refractivity contribution in [3.05, 3.63) is 24.1 Å². The summed E-state index contributed by atoms with van der Waals surface area (Å²) in [4.78, 5) is 14.8. The molecule has 5 nitrogen and oxygen atoms in total. The van der Waals surface area contributed by atoms with E-state index < -0.39 is 6.10 Å². The lowest BCUT2D eigenvalue weighted by Crippen LogP contribution is -2.39. The smallest absolute Gasteiger partial charge is 0.267 e. The van der Waals surface area contributed by atoms with Crippen molar-refractivity contribution in [3.63, 3.8) is 0 Å². The number of furan rings is 1. The minimum Gasteiger partial charge on any atom is -0.463 e. The molecular formula is C13H18N2O3. The molecule has 2 rings (SSSR count). The maximum Gasteiger partial charge on any atom is 0.267 e. The Balaban J connectivity index is 1.98. The molecule has 2 aromatic heterocycles. The lowest BCUT2D eigenvalue weighted by atomic mass is 9.89. The molecule has 5 heteroatoms. The molecule has 1 atom stereocenters. The number of hydrogen-bond donors (Lipinski definition) is 3. The summed E-state index contributed by atoms with van der Waals surface area (Å²) in [6.45, 7) is 5.99. The fraction of sp³-hybridized carbons (Fsp3) is 0.462. The van der Waals surface area contributed by atoms with E-state index in [0.717, 1.165) is 5.52 Å². The molecule has 0 spiro atoms. The molecule has 1 unspecified atom stereocenters. The minimum atomic E-state index is -0.584. The molecule has 0 aliphatic carbocycles. The maximum atomic E-state index is 11.8.